The number of likely N-dealkylation sites (tertiary alicyclic amines) is 1. The van der Waals surface area contributed by atoms with Crippen molar-refractivity contribution in [3.05, 3.63) is 53.9 Å². The van der Waals surface area contributed by atoms with E-state index in [2.05, 4.69) is 41.5 Å². The molecule has 0 saturated carbocycles. The number of aryl methyl sites for hydroxylation is 2. The third-order valence-corrected chi connectivity index (χ3v) is 8.15. The number of aromatic nitrogens is 2. The van der Waals surface area contributed by atoms with Crippen molar-refractivity contribution in [3.8, 4) is 0 Å². The Labute approximate surface area is 236 Å². The molecular weight excluding hydrogens is 506 g/mol. The lowest BCUT2D eigenvalue weighted by atomic mass is 10.0. The Balaban J connectivity index is 1.46. The van der Waals surface area contributed by atoms with Gasteiger partial charge in [0.1, 0.15) is 5.65 Å². The first kappa shape index (κ1) is 28.1. The molecule has 4 heterocycles. The van der Waals surface area contributed by atoms with E-state index in [0.717, 1.165) is 49.8 Å². The lowest BCUT2D eigenvalue weighted by Crippen LogP contribution is -2.42. The van der Waals surface area contributed by atoms with Crippen molar-refractivity contribution in [1.29, 1.82) is 0 Å². The summed E-state index contributed by atoms with van der Waals surface area (Å²) in [5.41, 5.74) is 3.56. The quantitative estimate of drug-likeness (QED) is 0.355. The maximum Gasteiger partial charge on any atom is 0.356 e. The Kier molecular flexibility index (Phi) is 9.01. The van der Waals surface area contributed by atoms with Crippen LogP contribution in [0.3, 0.4) is 0 Å². The van der Waals surface area contributed by atoms with Crippen LogP contribution in [0.4, 0.5) is 11.4 Å². The molecule has 9 nitrogen and oxygen atoms in total. The fraction of sp³-hybridized carbons (Fsp3) is 0.516. The van der Waals surface area contributed by atoms with Crippen LogP contribution in [0.1, 0.15) is 55.6 Å². The van der Waals surface area contributed by atoms with Crippen LogP contribution in [-0.4, -0.2) is 71.8 Å². The predicted octanol–water partition coefficient (Wildman–Crippen LogP) is 4.72. The Hall–Kier alpha value is -3.43. The number of nitrogens with one attached hydrogen (secondary N) is 2. The summed E-state index contributed by atoms with van der Waals surface area (Å²) < 4.78 is 12.6. The van der Waals surface area contributed by atoms with Crippen LogP contribution in [-0.2, 0) is 27.2 Å². The Morgan fingerprint density at radius 2 is 1.93 bits per heavy atom. The van der Waals surface area contributed by atoms with Crippen LogP contribution >= 0.6 is 0 Å². The van der Waals surface area contributed by atoms with Gasteiger partial charge >= 0.3 is 5.97 Å². The Morgan fingerprint density at radius 3 is 2.60 bits per heavy atom. The molecule has 2 saturated heterocycles. The SMILES string of the molecule is COC(=O)c1c(NC(=O)C2CCOC2)c2cc(NC3CCN(C(C)C)CC3)cnc2n1CCCc1ccccc1. The molecule has 1 unspecified atom stereocenters. The highest BCUT2D eigenvalue weighted by Crippen LogP contribution is 2.34. The molecule has 2 aliphatic heterocycles. The van der Waals surface area contributed by atoms with Gasteiger partial charge in [0, 0.05) is 43.7 Å². The molecule has 9 heteroatoms. The topological polar surface area (TPSA) is 97.7 Å². The number of fused-ring (bicyclic) bond motifs is 1. The van der Waals surface area contributed by atoms with E-state index in [9.17, 15) is 9.59 Å². The molecule has 1 amide bonds. The van der Waals surface area contributed by atoms with Crippen LogP contribution in [0.15, 0.2) is 42.6 Å². The molecule has 0 radical (unpaired) electrons. The number of nitrogens with zero attached hydrogens (tertiary/aromatic N) is 3. The third-order valence-electron chi connectivity index (χ3n) is 8.15. The number of carbonyl (C=O) groups excluding carboxylic acids is 2. The molecule has 2 N–H and O–H groups in total. The fourth-order valence-electron chi connectivity index (χ4n) is 5.81. The van der Waals surface area contributed by atoms with Gasteiger partial charge in [-0.2, -0.15) is 0 Å². The second-order valence-corrected chi connectivity index (χ2v) is 11.1. The molecule has 3 aromatic rings. The number of anilines is 2. The van der Waals surface area contributed by atoms with E-state index < -0.39 is 5.97 Å². The zero-order valence-electron chi connectivity index (χ0n) is 23.8. The molecule has 0 aliphatic carbocycles. The molecule has 1 aromatic carbocycles. The van der Waals surface area contributed by atoms with Crippen LogP contribution in [0.25, 0.3) is 11.0 Å². The second-order valence-electron chi connectivity index (χ2n) is 11.1. The average molecular weight is 548 g/mol. The van der Waals surface area contributed by atoms with Crippen molar-refractivity contribution in [1.82, 2.24) is 14.5 Å². The highest BCUT2D eigenvalue weighted by molar-refractivity contribution is 6.11. The normalized spacial score (nSPS) is 18.4. The minimum absolute atomic E-state index is 0.148. The van der Waals surface area contributed by atoms with Gasteiger partial charge in [0.05, 0.1) is 37.2 Å². The first-order chi connectivity index (χ1) is 19.4. The van der Waals surface area contributed by atoms with Crippen molar-refractivity contribution >= 4 is 34.3 Å². The zero-order chi connectivity index (χ0) is 28.1. The van der Waals surface area contributed by atoms with Crippen LogP contribution in [0, 0.1) is 5.92 Å². The number of methoxy groups -OCH3 is 1. The standard InChI is InChI=1S/C31H41N5O4/c1-21(2)35-15-11-24(12-16-35)33-25-18-26-27(34-30(37)23-13-17-40-20-23)28(31(38)39-3)36(29(26)32-19-25)14-7-10-22-8-5-4-6-9-22/h4-6,8-9,18-19,21,23-24,33H,7,10-17,20H2,1-3H3,(H,34,37). The summed E-state index contributed by atoms with van der Waals surface area (Å²) in [6.45, 7) is 8.10. The summed E-state index contributed by atoms with van der Waals surface area (Å²) in [6, 6.07) is 13.2. The lowest BCUT2D eigenvalue weighted by Gasteiger charge is -2.35. The number of esters is 1. The van der Waals surface area contributed by atoms with Crippen molar-refractivity contribution in [2.45, 2.75) is 64.6 Å². The molecule has 1 atom stereocenters. The maximum absolute atomic E-state index is 13.2. The molecule has 2 aliphatic rings. The number of hydrogen-bond donors (Lipinski definition) is 2. The molecule has 0 spiro atoms. The minimum atomic E-state index is -0.494. The van der Waals surface area contributed by atoms with Gasteiger partial charge in [-0.1, -0.05) is 30.3 Å². The smallest absolute Gasteiger partial charge is 0.356 e. The Bertz CT molecular complexity index is 1310. The average Bonchev–Trinajstić information content (AvgIpc) is 3.61. The van der Waals surface area contributed by atoms with E-state index in [1.807, 2.05) is 35.0 Å². The van der Waals surface area contributed by atoms with Gasteiger partial charge in [-0.25, -0.2) is 9.78 Å². The molecule has 0 bridgehead atoms. The van der Waals surface area contributed by atoms with E-state index in [-0.39, 0.29) is 11.8 Å². The summed E-state index contributed by atoms with van der Waals surface area (Å²) >= 11 is 0. The van der Waals surface area contributed by atoms with Crippen LogP contribution in [0.2, 0.25) is 0 Å². The van der Waals surface area contributed by atoms with E-state index in [0.29, 0.717) is 55.3 Å². The van der Waals surface area contributed by atoms with Gasteiger partial charge in [0.2, 0.25) is 5.91 Å². The molecule has 5 rings (SSSR count). The van der Waals surface area contributed by atoms with Crippen LogP contribution in [0.5, 0.6) is 0 Å². The summed E-state index contributed by atoms with van der Waals surface area (Å²) in [5, 5.41) is 7.46. The van der Waals surface area contributed by atoms with Crippen molar-refractivity contribution in [2.24, 2.45) is 5.92 Å². The molecule has 40 heavy (non-hydrogen) atoms. The first-order valence-electron chi connectivity index (χ1n) is 14.5. The lowest BCUT2D eigenvalue weighted by molar-refractivity contribution is -0.119. The predicted molar refractivity (Wildman–Crippen MR) is 157 cm³/mol. The largest absolute Gasteiger partial charge is 0.464 e. The number of ether oxygens (including phenoxy) is 2. The van der Waals surface area contributed by atoms with Gasteiger partial charge in [-0.05, 0) is 57.6 Å². The molecule has 2 fully saturated rings. The van der Waals surface area contributed by atoms with Crippen molar-refractivity contribution < 1.29 is 19.1 Å². The number of pyridine rings is 1. The fourth-order valence-corrected chi connectivity index (χ4v) is 5.81. The molecular formula is C31H41N5O4. The highest BCUT2D eigenvalue weighted by atomic mass is 16.5. The van der Waals surface area contributed by atoms with E-state index in [1.165, 1.54) is 12.7 Å². The number of rotatable bonds is 10. The minimum Gasteiger partial charge on any atom is -0.464 e. The highest BCUT2D eigenvalue weighted by Gasteiger charge is 2.30. The van der Waals surface area contributed by atoms with Crippen molar-refractivity contribution in [2.75, 3.05) is 44.0 Å². The second kappa shape index (κ2) is 12.8. The number of carbonyl (C=O) groups is 2. The summed E-state index contributed by atoms with van der Waals surface area (Å²) in [4.78, 5) is 33.7. The number of hydrogen-bond acceptors (Lipinski definition) is 7. The Morgan fingerprint density at radius 1 is 1.15 bits per heavy atom. The van der Waals surface area contributed by atoms with E-state index in [1.54, 1.807) is 0 Å². The van der Waals surface area contributed by atoms with E-state index >= 15 is 0 Å². The summed E-state index contributed by atoms with van der Waals surface area (Å²) in [6.07, 6.45) is 6.26. The maximum atomic E-state index is 13.2. The molecule has 214 valence electrons. The van der Waals surface area contributed by atoms with Gasteiger partial charge in [0.25, 0.3) is 0 Å². The monoisotopic (exact) mass is 547 g/mol. The van der Waals surface area contributed by atoms with Crippen molar-refractivity contribution in [3.63, 3.8) is 0 Å². The first-order valence-corrected chi connectivity index (χ1v) is 14.5. The zero-order valence-corrected chi connectivity index (χ0v) is 23.8. The van der Waals surface area contributed by atoms with Gasteiger partial charge < -0.3 is 29.6 Å². The van der Waals surface area contributed by atoms with Gasteiger partial charge in [-0.15, -0.1) is 0 Å². The summed E-state index contributed by atoms with van der Waals surface area (Å²) in [5.74, 6) is -0.890. The van der Waals surface area contributed by atoms with Gasteiger partial charge in [0.15, 0.2) is 5.69 Å². The van der Waals surface area contributed by atoms with E-state index in [4.69, 9.17) is 14.5 Å². The number of amides is 1. The third kappa shape index (κ3) is 6.31. The number of piperidine rings is 1. The summed E-state index contributed by atoms with van der Waals surface area (Å²) in [7, 11) is 1.37. The van der Waals surface area contributed by atoms with Crippen LogP contribution < -0.4 is 10.6 Å². The van der Waals surface area contributed by atoms with Gasteiger partial charge in [-0.3, -0.25) is 4.79 Å². The number of benzene rings is 1. The molecule has 2 aromatic heterocycles.